The first kappa shape index (κ1) is 16.1. The standard InChI is InChI=1S/C16H23N5OS/c1-10-9-23-16(17-10)18-14(22)8-21-7-5-6-13(21)15-11(2)19-20(4)12(15)3/h9,13H,5-8H2,1-4H3,(H,17,18,22). The number of aromatic nitrogens is 3. The van der Waals surface area contributed by atoms with E-state index >= 15 is 0 Å². The highest BCUT2D eigenvalue weighted by Gasteiger charge is 2.31. The molecule has 1 saturated heterocycles. The number of anilines is 1. The Hall–Kier alpha value is -1.73. The predicted octanol–water partition coefficient (Wildman–Crippen LogP) is 2.58. The van der Waals surface area contributed by atoms with Crippen molar-refractivity contribution in [3.05, 3.63) is 28.0 Å². The van der Waals surface area contributed by atoms with E-state index in [4.69, 9.17) is 0 Å². The van der Waals surface area contributed by atoms with E-state index in [9.17, 15) is 4.79 Å². The number of likely N-dealkylation sites (tertiary alicyclic amines) is 1. The molecule has 0 aliphatic carbocycles. The van der Waals surface area contributed by atoms with Gasteiger partial charge in [-0.25, -0.2) is 4.98 Å². The maximum atomic E-state index is 12.3. The molecule has 0 saturated carbocycles. The molecule has 0 radical (unpaired) electrons. The van der Waals surface area contributed by atoms with Gasteiger partial charge >= 0.3 is 0 Å². The number of rotatable bonds is 4. The fraction of sp³-hybridized carbons (Fsp3) is 0.562. The molecule has 3 heterocycles. The van der Waals surface area contributed by atoms with E-state index < -0.39 is 0 Å². The van der Waals surface area contributed by atoms with E-state index in [2.05, 4.69) is 34.1 Å². The quantitative estimate of drug-likeness (QED) is 0.934. The molecule has 6 nitrogen and oxygen atoms in total. The third-order valence-electron chi connectivity index (χ3n) is 4.47. The third kappa shape index (κ3) is 3.30. The fourth-order valence-corrected chi connectivity index (χ4v) is 4.07. The summed E-state index contributed by atoms with van der Waals surface area (Å²) in [5.74, 6) is 0.00504. The van der Waals surface area contributed by atoms with Gasteiger partial charge in [-0.2, -0.15) is 5.10 Å². The third-order valence-corrected chi connectivity index (χ3v) is 5.35. The average molecular weight is 333 g/mol. The van der Waals surface area contributed by atoms with Crippen molar-refractivity contribution < 1.29 is 4.79 Å². The summed E-state index contributed by atoms with van der Waals surface area (Å²) in [6.07, 6.45) is 2.19. The molecule has 1 amide bonds. The van der Waals surface area contributed by atoms with Gasteiger partial charge in [-0.3, -0.25) is 14.4 Å². The smallest absolute Gasteiger partial charge is 0.240 e. The lowest BCUT2D eigenvalue weighted by Crippen LogP contribution is -2.33. The molecule has 2 aromatic rings. The molecule has 1 atom stereocenters. The first-order valence-corrected chi connectivity index (χ1v) is 8.80. The molecule has 1 aliphatic rings. The van der Waals surface area contributed by atoms with Gasteiger partial charge in [0.25, 0.3) is 0 Å². The van der Waals surface area contributed by atoms with Crippen LogP contribution in [0.2, 0.25) is 0 Å². The fourth-order valence-electron chi connectivity index (χ4n) is 3.37. The number of amides is 1. The van der Waals surface area contributed by atoms with Crippen LogP contribution in [0.5, 0.6) is 0 Å². The number of nitrogens with one attached hydrogen (secondary N) is 1. The van der Waals surface area contributed by atoms with E-state index in [0.717, 1.165) is 30.8 Å². The van der Waals surface area contributed by atoms with Crippen LogP contribution in [0.25, 0.3) is 0 Å². The van der Waals surface area contributed by atoms with Crippen LogP contribution in [0.15, 0.2) is 5.38 Å². The summed E-state index contributed by atoms with van der Waals surface area (Å²) < 4.78 is 1.93. The Labute approximate surface area is 140 Å². The molecule has 23 heavy (non-hydrogen) atoms. The zero-order valence-electron chi connectivity index (χ0n) is 14.1. The van der Waals surface area contributed by atoms with Gasteiger partial charge in [0.2, 0.25) is 5.91 Å². The molecular formula is C16H23N5OS. The molecule has 7 heteroatoms. The number of thiazole rings is 1. The SMILES string of the molecule is Cc1csc(NC(=O)CN2CCCC2c2c(C)nn(C)c2C)n1. The van der Waals surface area contributed by atoms with Crippen LogP contribution in [0.3, 0.4) is 0 Å². The summed E-state index contributed by atoms with van der Waals surface area (Å²) in [5.41, 5.74) is 4.47. The highest BCUT2D eigenvalue weighted by Crippen LogP contribution is 2.35. The van der Waals surface area contributed by atoms with Gasteiger partial charge in [0.15, 0.2) is 5.13 Å². The van der Waals surface area contributed by atoms with Crippen LogP contribution < -0.4 is 5.32 Å². The van der Waals surface area contributed by atoms with Crippen LogP contribution in [0.1, 0.15) is 41.5 Å². The van der Waals surface area contributed by atoms with E-state index in [0.29, 0.717) is 11.7 Å². The molecule has 3 rings (SSSR count). The number of nitrogens with zero attached hydrogens (tertiary/aromatic N) is 4. The Morgan fingerprint density at radius 1 is 1.43 bits per heavy atom. The zero-order valence-corrected chi connectivity index (χ0v) is 14.9. The highest BCUT2D eigenvalue weighted by atomic mass is 32.1. The number of carbonyl (C=O) groups excluding carboxylic acids is 1. The maximum Gasteiger partial charge on any atom is 0.240 e. The highest BCUT2D eigenvalue weighted by molar-refractivity contribution is 7.13. The van der Waals surface area contributed by atoms with Crippen LogP contribution in [-0.4, -0.2) is 38.7 Å². The predicted molar refractivity (Wildman–Crippen MR) is 91.7 cm³/mol. The largest absolute Gasteiger partial charge is 0.301 e. The topological polar surface area (TPSA) is 63.1 Å². The first-order valence-electron chi connectivity index (χ1n) is 7.92. The Balaban J connectivity index is 1.70. The number of carbonyl (C=O) groups is 1. The maximum absolute atomic E-state index is 12.3. The Morgan fingerprint density at radius 2 is 2.22 bits per heavy atom. The van der Waals surface area contributed by atoms with Gasteiger partial charge < -0.3 is 5.32 Å². The summed E-state index contributed by atoms with van der Waals surface area (Å²) in [4.78, 5) is 18.9. The van der Waals surface area contributed by atoms with E-state index in [-0.39, 0.29) is 11.9 Å². The molecule has 0 spiro atoms. The first-order chi connectivity index (χ1) is 11.0. The Morgan fingerprint density at radius 3 is 2.83 bits per heavy atom. The number of hydrogen-bond acceptors (Lipinski definition) is 5. The lowest BCUT2D eigenvalue weighted by atomic mass is 10.0. The van der Waals surface area contributed by atoms with Gasteiger partial charge in [-0.1, -0.05) is 0 Å². The van der Waals surface area contributed by atoms with Crippen molar-refractivity contribution in [1.82, 2.24) is 19.7 Å². The Kier molecular flexibility index (Phi) is 4.50. The minimum Gasteiger partial charge on any atom is -0.301 e. The van der Waals surface area contributed by atoms with Crippen molar-refractivity contribution in [3.8, 4) is 0 Å². The van der Waals surface area contributed by atoms with Gasteiger partial charge in [0, 0.05) is 29.7 Å². The lowest BCUT2D eigenvalue weighted by molar-refractivity contribution is -0.117. The zero-order chi connectivity index (χ0) is 16.6. The van der Waals surface area contributed by atoms with Crippen molar-refractivity contribution >= 4 is 22.4 Å². The molecule has 1 unspecified atom stereocenters. The number of aryl methyl sites for hydroxylation is 3. The molecule has 124 valence electrons. The Bertz CT molecular complexity index is 720. The van der Waals surface area contributed by atoms with Gasteiger partial charge in [-0.05, 0) is 40.2 Å². The molecule has 0 aromatic carbocycles. The van der Waals surface area contributed by atoms with E-state index in [1.54, 1.807) is 0 Å². The van der Waals surface area contributed by atoms with Crippen molar-refractivity contribution in [2.45, 2.75) is 39.7 Å². The second kappa shape index (κ2) is 6.41. The molecule has 0 bridgehead atoms. The summed E-state index contributed by atoms with van der Waals surface area (Å²) in [7, 11) is 1.97. The molecule has 1 N–H and O–H groups in total. The lowest BCUT2D eigenvalue weighted by Gasteiger charge is -2.24. The normalized spacial score (nSPS) is 18.5. The van der Waals surface area contributed by atoms with E-state index in [1.165, 1.54) is 22.6 Å². The summed E-state index contributed by atoms with van der Waals surface area (Å²) in [5, 5.41) is 10.0. The van der Waals surface area contributed by atoms with Crippen LogP contribution in [-0.2, 0) is 11.8 Å². The second-order valence-electron chi connectivity index (χ2n) is 6.18. The summed E-state index contributed by atoms with van der Waals surface area (Å²) >= 11 is 1.47. The van der Waals surface area contributed by atoms with Crippen molar-refractivity contribution in [2.75, 3.05) is 18.4 Å². The average Bonchev–Trinajstić information content (AvgIpc) is 3.14. The van der Waals surface area contributed by atoms with Gasteiger partial charge in [0.05, 0.1) is 17.9 Å². The van der Waals surface area contributed by atoms with Crippen LogP contribution in [0, 0.1) is 20.8 Å². The van der Waals surface area contributed by atoms with Crippen LogP contribution >= 0.6 is 11.3 Å². The second-order valence-corrected chi connectivity index (χ2v) is 7.04. The monoisotopic (exact) mass is 333 g/mol. The van der Waals surface area contributed by atoms with Crippen molar-refractivity contribution in [1.29, 1.82) is 0 Å². The molecule has 1 aliphatic heterocycles. The summed E-state index contributed by atoms with van der Waals surface area (Å²) in [6.45, 7) is 7.43. The van der Waals surface area contributed by atoms with E-state index in [1.807, 2.05) is 24.0 Å². The number of hydrogen-bond donors (Lipinski definition) is 1. The molecule has 1 fully saturated rings. The van der Waals surface area contributed by atoms with Crippen molar-refractivity contribution in [2.24, 2.45) is 7.05 Å². The minimum absolute atomic E-state index is 0.00504. The van der Waals surface area contributed by atoms with Gasteiger partial charge in [0.1, 0.15) is 0 Å². The van der Waals surface area contributed by atoms with Crippen molar-refractivity contribution in [3.63, 3.8) is 0 Å². The summed E-state index contributed by atoms with van der Waals surface area (Å²) in [6, 6.07) is 0.285. The minimum atomic E-state index is 0.00504. The van der Waals surface area contributed by atoms with Crippen LogP contribution in [0.4, 0.5) is 5.13 Å². The van der Waals surface area contributed by atoms with Gasteiger partial charge in [-0.15, -0.1) is 11.3 Å². The molecular weight excluding hydrogens is 310 g/mol. The molecule has 2 aromatic heterocycles.